The Kier molecular flexibility index (Phi) is 6.02. The van der Waals surface area contributed by atoms with Crippen molar-refractivity contribution in [2.45, 2.75) is 4.90 Å². The van der Waals surface area contributed by atoms with Crippen molar-refractivity contribution in [2.24, 2.45) is 0 Å². The van der Waals surface area contributed by atoms with Crippen LogP contribution in [0.25, 0.3) is 5.65 Å². The van der Waals surface area contributed by atoms with Gasteiger partial charge in [0.1, 0.15) is 11.0 Å². The highest BCUT2D eigenvalue weighted by atomic mass is 79.9. The van der Waals surface area contributed by atoms with Crippen LogP contribution in [-0.2, 0) is 10.0 Å². The summed E-state index contributed by atoms with van der Waals surface area (Å²) in [6, 6.07) is 8.08. The number of benzene rings is 1. The van der Waals surface area contributed by atoms with Gasteiger partial charge in [0.2, 0.25) is 10.0 Å². The second-order valence-electron chi connectivity index (χ2n) is 6.04. The van der Waals surface area contributed by atoms with Gasteiger partial charge in [-0.2, -0.15) is 9.61 Å². The van der Waals surface area contributed by atoms with Crippen molar-refractivity contribution in [2.75, 3.05) is 32.5 Å². The Hall–Kier alpha value is -1.72. The lowest BCUT2D eigenvalue weighted by atomic mass is 10.3. The minimum Gasteiger partial charge on any atom is -0.340 e. The second-order valence-corrected chi connectivity index (χ2v) is 9.05. The average Bonchev–Trinajstić information content (AvgIpc) is 2.96. The minimum absolute atomic E-state index is 0.201. The molecule has 0 spiro atoms. The fourth-order valence-electron chi connectivity index (χ4n) is 2.35. The van der Waals surface area contributed by atoms with Gasteiger partial charge in [0, 0.05) is 24.8 Å². The van der Waals surface area contributed by atoms with Crippen LogP contribution in [0.5, 0.6) is 0 Å². The Bertz CT molecular complexity index is 1050. The van der Waals surface area contributed by atoms with Gasteiger partial charge in [-0.15, -0.1) is 0 Å². The molecular weight excluding hydrogens is 456 g/mol. The predicted molar refractivity (Wildman–Crippen MR) is 109 cm³/mol. The molecule has 2 aromatic heterocycles. The number of halogens is 2. The molecule has 2 N–H and O–H groups in total. The summed E-state index contributed by atoms with van der Waals surface area (Å²) in [7, 11) is 0.225. The van der Waals surface area contributed by atoms with Crippen molar-refractivity contribution < 1.29 is 8.42 Å². The molecule has 0 fully saturated rings. The molecule has 3 rings (SSSR count). The summed E-state index contributed by atoms with van der Waals surface area (Å²) in [5.41, 5.74) is 1.27. The number of nitrogens with one attached hydrogen (secondary N) is 2. The number of hydrogen-bond acceptors (Lipinski definition) is 6. The molecule has 144 valence electrons. The molecule has 0 radical (unpaired) electrons. The highest BCUT2D eigenvalue weighted by molar-refractivity contribution is 9.10. The number of rotatable bonds is 7. The maximum absolute atomic E-state index is 12.3. The van der Waals surface area contributed by atoms with Gasteiger partial charge < -0.3 is 10.2 Å². The van der Waals surface area contributed by atoms with Gasteiger partial charge in [-0.1, -0.05) is 11.6 Å². The van der Waals surface area contributed by atoms with Crippen LogP contribution in [0.2, 0.25) is 5.15 Å². The number of likely N-dealkylation sites (N-methyl/N-ethyl adjacent to an activating group) is 1. The van der Waals surface area contributed by atoms with E-state index in [0.29, 0.717) is 35.4 Å². The molecule has 0 atom stereocenters. The van der Waals surface area contributed by atoms with Crippen LogP contribution >= 0.6 is 27.5 Å². The van der Waals surface area contributed by atoms with Crippen molar-refractivity contribution >= 4 is 54.7 Å². The molecule has 1 aromatic carbocycles. The first kappa shape index (κ1) is 20.0. The van der Waals surface area contributed by atoms with Crippen molar-refractivity contribution in [3.63, 3.8) is 0 Å². The van der Waals surface area contributed by atoms with Gasteiger partial charge in [0.05, 0.1) is 15.6 Å². The summed E-state index contributed by atoms with van der Waals surface area (Å²) >= 11 is 9.44. The average molecular weight is 474 g/mol. The van der Waals surface area contributed by atoms with Crippen molar-refractivity contribution in [1.82, 2.24) is 24.2 Å². The van der Waals surface area contributed by atoms with E-state index in [0.717, 1.165) is 4.47 Å². The predicted octanol–water partition coefficient (Wildman–Crippen LogP) is 2.73. The van der Waals surface area contributed by atoms with Crippen LogP contribution in [0, 0.1) is 0 Å². The number of fused-ring (bicyclic) bond motifs is 1. The first-order valence-electron chi connectivity index (χ1n) is 7.97. The lowest BCUT2D eigenvalue weighted by Crippen LogP contribution is -2.31. The molecule has 8 nitrogen and oxygen atoms in total. The van der Waals surface area contributed by atoms with E-state index in [4.69, 9.17) is 11.6 Å². The summed E-state index contributed by atoms with van der Waals surface area (Å²) < 4.78 is 29.5. The Morgan fingerprint density at radius 3 is 2.63 bits per heavy atom. The molecular formula is C16H18BrClN6O2S. The quantitative estimate of drug-likeness (QED) is 0.513. The monoisotopic (exact) mass is 472 g/mol. The molecule has 11 heteroatoms. The normalized spacial score (nSPS) is 12.0. The maximum Gasteiger partial charge on any atom is 0.240 e. The lowest BCUT2D eigenvalue weighted by Gasteiger charge is -2.12. The zero-order valence-corrected chi connectivity index (χ0v) is 17.8. The smallest absolute Gasteiger partial charge is 0.240 e. The molecule has 0 aliphatic carbocycles. The van der Waals surface area contributed by atoms with Gasteiger partial charge in [-0.25, -0.2) is 18.1 Å². The third-order valence-electron chi connectivity index (χ3n) is 3.69. The van der Waals surface area contributed by atoms with E-state index in [1.54, 1.807) is 41.0 Å². The topological polar surface area (TPSA) is 91.6 Å². The van der Waals surface area contributed by atoms with Crippen molar-refractivity contribution in [1.29, 1.82) is 0 Å². The van der Waals surface area contributed by atoms with Gasteiger partial charge in [-0.05, 0) is 54.3 Å². The van der Waals surface area contributed by atoms with Crippen LogP contribution in [0.3, 0.4) is 0 Å². The fraction of sp³-hybridized carbons (Fsp3) is 0.250. The SMILES string of the molecule is CN(C)CCNS(=O)(=O)c1ccc(Nc2cc(Cl)nc3c(Br)cnn23)cc1. The Labute approximate surface area is 170 Å². The van der Waals surface area contributed by atoms with Gasteiger partial charge >= 0.3 is 0 Å². The Balaban J connectivity index is 1.79. The number of hydrogen-bond donors (Lipinski definition) is 2. The summed E-state index contributed by atoms with van der Waals surface area (Å²) in [5, 5.41) is 7.72. The van der Waals surface area contributed by atoms with Crippen LogP contribution in [0.15, 0.2) is 45.9 Å². The number of aromatic nitrogens is 3. The summed E-state index contributed by atoms with van der Waals surface area (Å²) in [5.74, 6) is 0.607. The van der Waals surface area contributed by atoms with Crippen LogP contribution in [0.4, 0.5) is 11.5 Å². The minimum atomic E-state index is -3.54. The van der Waals surface area contributed by atoms with E-state index in [1.807, 2.05) is 19.0 Å². The van der Waals surface area contributed by atoms with Gasteiger partial charge in [0.25, 0.3) is 0 Å². The Morgan fingerprint density at radius 1 is 1.26 bits per heavy atom. The molecule has 0 saturated carbocycles. The highest BCUT2D eigenvalue weighted by Crippen LogP contribution is 2.25. The van der Waals surface area contributed by atoms with Crippen LogP contribution in [0.1, 0.15) is 0 Å². The number of nitrogens with zero attached hydrogens (tertiary/aromatic N) is 4. The third kappa shape index (κ3) is 4.77. The van der Waals surface area contributed by atoms with E-state index >= 15 is 0 Å². The van der Waals surface area contributed by atoms with Crippen molar-refractivity contribution in [3.05, 3.63) is 46.2 Å². The molecule has 0 aliphatic rings. The molecule has 0 amide bonds. The summed E-state index contributed by atoms with van der Waals surface area (Å²) in [6.45, 7) is 0.966. The summed E-state index contributed by atoms with van der Waals surface area (Å²) in [6.07, 6.45) is 1.62. The standard InChI is InChI=1S/C16H18BrClN6O2S/c1-23(2)8-7-20-27(25,26)12-5-3-11(4-6-12)21-15-9-14(18)22-16-13(17)10-19-24(15)16/h3-6,9-10,20-21H,7-8H2,1-2H3. The third-order valence-corrected chi connectivity index (χ3v) is 5.92. The Morgan fingerprint density at radius 2 is 1.96 bits per heavy atom. The van der Waals surface area contributed by atoms with E-state index in [1.165, 1.54) is 0 Å². The molecule has 3 aromatic rings. The second kappa shape index (κ2) is 8.11. The molecule has 0 saturated heterocycles. The molecule has 0 aliphatic heterocycles. The highest BCUT2D eigenvalue weighted by Gasteiger charge is 2.14. The van der Waals surface area contributed by atoms with E-state index < -0.39 is 10.0 Å². The molecule has 0 unspecified atom stereocenters. The van der Waals surface area contributed by atoms with Crippen molar-refractivity contribution in [3.8, 4) is 0 Å². The molecule has 0 bridgehead atoms. The first-order valence-corrected chi connectivity index (χ1v) is 10.6. The van der Waals surface area contributed by atoms with Crippen LogP contribution < -0.4 is 10.0 Å². The van der Waals surface area contributed by atoms with Gasteiger partial charge in [-0.3, -0.25) is 0 Å². The fourth-order valence-corrected chi connectivity index (χ4v) is 3.90. The van der Waals surface area contributed by atoms with E-state index in [9.17, 15) is 8.42 Å². The maximum atomic E-state index is 12.3. The van der Waals surface area contributed by atoms with Gasteiger partial charge in [0.15, 0.2) is 5.65 Å². The van der Waals surface area contributed by atoms with E-state index in [2.05, 4.69) is 36.1 Å². The molecule has 27 heavy (non-hydrogen) atoms. The summed E-state index contributed by atoms with van der Waals surface area (Å²) in [4.78, 5) is 6.32. The first-order chi connectivity index (χ1) is 12.8. The largest absolute Gasteiger partial charge is 0.340 e. The zero-order valence-electron chi connectivity index (χ0n) is 14.6. The van der Waals surface area contributed by atoms with E-state index in [-0.39, 0.29) is 4.90 Å². The molecule has 2 heterocycles. The number of anilines is 2. The number of sulfonamides is 1. The zero-order chi connectivity index (χ0) is 19.6. The van der Waals surface area contributed by atoms with Crippen LogP contribution in [-0.4, -0.2) is 55.1 Å². The lowest BCUT2D eigenvalue weighted by molar-refractivity contribution is 0.412.